The van der Waals surface area contributed by atoms with Crippen molar-refractivity contribution in [3.8, 4) is 5.75 Å². The summed E-state index contributed by atoms with van der Waals surface area (Å²) in [5, 5.41) is 18.2. The van der Waals surface area contributed by atoms with Crippen molar-refractivity contribution in [1.82, 2.24) is 4.90 Å². The molecule has 7 heteroatoms. The van der Waals surface area contributed by atoms with Crippen LogP contribution in [0.4, 0.5) is 5.69 Å². The molecule has 7 nitrogen and oxygen atoms in total. The first-order chi connectivity index (χ1) is 14.4. The van der Waals surface area contributed by atoms with Crippen molar-refractivity contribution in [3.63, 3.8) is 0 Å². The summed E-state index contributed by atoms with van der Waals surface area (Å²) in [5.41, 5.74) is 1.36. The van der Waals surface area contributed by atoms with Gasteiger partial charge in [-0.25, -0.2) is 9.59 Å². The first kappa shape index (κ1) is 21.6. The van der Waals surface area contributed by atoms with Crippen LogP contribution < -0.4 is 9.64 Å². The van der Waals surface area contributed by atoms with E-state index in [9.17, 15) is 9.59 Å². The fraction of sp³-hybridized carbons (Fsp3) is 0.391. The number of hydrogen-bond acceptors (Lipinski definition) is 5. The second kappa shape index (κ2) is 9.63. The number of aliphatic carboxylic acids is 2. The van der Waals surface area contributed by atoms with Crippen molar-refractivity contribution in [3.05, 3.63) is 48.6 Å². The fourth-order valence-corrected chi connectivity index (χ4v) is 4.21. The number of fused-ring (bicyclic) bond motifs is 3. The minimum absolute atomic E-state index is 0.558. The SMILES string of the molecule is COc1ccc2cc(N3CC4CCCC(C3)N4C)ccc2c1.O=C(O)/C=C/C(=O)O. The molecule has 2 heterocycles. The van der Waals surface area contributed by atoms with Gasteiger partial charge in [-0.1, -0.05) is 18.6 Å². The fourth-order valence-electron chi connectivity index (χ4n) is 4.21. The lowest BCUT2D eigenvalue weighted by atomic mass is 9.91. The first-order valence-corrected chi connectivity index (χ1v) is 10.1. The van der Waals surface area contributed by atoms with Crippen LogP contribution in [0.25, 0.3) is 10.8 Å². The van der Waals surface area contributed by atoms with Crippen molar-refractivity contribution < 1.29 is 24.5 Å². The lowest BCUT2D eigenvalue weighted by Gasteiger charge is -2.49. The quantitative estimate of drug-likeness (QED) is 0.745. The second-order valence-electron chi connectivity index (χ2n) is 7.72. The monoisotopic (exact) mass is 412 g/mol. The number of rotatable bonds is 4. The molecular formula is C23H28N2O5. The van der Waals surface area contributed by atoms with Crippen LogP contribution in [-0.4, -0.2) is 66.4 Å². The molecule has 0 aliphatic carbocycles. The van der Waals surface area contributed by atoms with Crippen LogP contribution in [0.2, 0.25) is 0 Å². The van der Waals surface area contributed by atoms with Gasteiger partial charge in [-0.2, -0.15) is 0 Å². The number of carboxylic acid groups (broad SMARTS) is 2. The Kier molecular flexibility index (Phi) is 6.95. The molecule has 0 amide bonds. The standard InChI is InChI=1S/C19H24N2O.C4H4O4/c1-20-17-4-3-5-18(20)13-21(12-17)16-8-6-15-11-19(22-2)9-7-14(15)10-16;5-3(6)1-2-4(7)8/h6-11,17-18H,3-5,12-13H2,1-2H3;1-2H,(H,5,6)(H,7,8)/b;2-1+. The van der Waals surface area contributed by atoms with Gasteiger partial charge in [0.15, 0.2) is 0 Å². The molecule has 2 bridgehead atoms. The highest BCUT2D eigenvalue weighted by Gasteiger charge is 2.34. The normalized spacial score (nSPS) is 21.2. The van der Waals surface area contributed by atoms with Crippen molar-refractivity contribution in [1.29, 1.82) is 0 Å². The van der Waals surface area contributed by atoms with Crippen LogP contribution in [0.15, 0.2) is 48.6 Å². The maximum absolute atomic E-state index is 9.55. The average molecular weight is 412 g/mol. The van der Waals surface area contributed by atoms with E-state index in [0.717, 1.165) is 30.9 Å². The number of methoxy groups -OCH3 is 1. The number of benzene rings is 2. The highest BCUT2D eigenvalue weighted by atomic mass is 16.5. The van der Waals surface area contributed by atoms with Gasteiger partial charge in [0.1, 0.15) is 5.75 Å². The van der Waals surface area contributed by atoms with Gasteiger partial charge >= 0.3 is 11.9 Å². The molecule has 2 aliphatic heterocycles. The van der Waals surface area contributed by atoms with Crippen LogP contribution in [0, 0.1) is 0 Å². The molecule has 2 saturated heterocycles. The van der Waals surface area contributed by atoms with Gasteiger partial charge in [0, 0.05) is 43.0 Å². The molecule has 2 N–H and O–H groups in total. The van der Waals surface area contributed by atoms with Crippen LogP contribution in [0.1, 0.15) is 19.3 Å². The number of piperidine rings is 1. The first-order valence-electron chi connectivity index (χ1n) is 10.1. The summed E-state index contributed by atoms with van der Waals surface area (Å²) in [6.07, 6.45) is 5.19. The van der Waals surface area contributed by atoms with Gasteiger partial charge in [0.05, 0.1) is 7.11 Å². The predicted molar refractivity (Wildman–Crippen MR) is 116 cm³/mol. The second-order valence-corrected chi connectivity index (χ2v) is 7.72. The average Bonchev–Trinajstić information content (AvgIpc) is 2.72. The third-order valence-corrected chi connectivity index (χ3v) is 5.85. The van der Waals surface area contributed by atoms with Crippen molar-refractivity contribution in [2.45, 2.75) is 31.3 Å². The lowest BCUT2D eigenvalue weighted by molar-refractivity contribution is -0.134. The van der Waals surface area contributed by atoms with E-state index < -0.39 is 11.9 Å². The van der Waals surface area contributed by atoms with Crippen molar-refractivity contribution in [2.75, 3.05) is 32.1 Å². The molecule has 2 aliphatic rings. The molecule has 2 aromatic rings. The van der Waals surface area contributed by atoms with Gasteiger partial charge < -0.3 is 19.8 Å². The van der Waals surface area contributed by atoms with Gasteiger partial charge in [-0.05, 0) is 54.9 Å². The minimum Gasteiger partial charge on any atom is -0.497 e. The van der Waals surface area contributed by atoms with Gasteiger partial charge in [0.2, 0.25) is 0 Å². The Morgan fingerprint density at radius 2 is 1.53 bits per heavy atom. The zero-order chi connectivity index (χ0) is 21.7. The van der Waals surface area contributed by atoms with E-state index in [-0.39, 0.29) is 0 Å². The number of likely N-dealkylation sites (N-methyl/N-ethyl adjacent to an activating group) is 1. The van der Waals surface area contributed by atoms with Crippen molar-refractivity contribution >= 4 is 28.4 Å². The van der Waals surface area contributed by atoms with E-state index >= 15 is 0 Å². The minimum atomic E-state index is -1.26. The van der Waals surface area contributed by atoms with Crippen LogP contribution in [-0.2, 0) is 9.59 Å². The molecule has 0 aromatic heterocycles. The lowest BCUT2D eigenvalue weighted by Crippen LogP contribution is -2.59. The summed E-state index contributed by atoms with van der Waals surface area (Å²) < 4.78 is 5.31. The molecule has 160 valence electrons. The van der Waals surface area contributed by atoms with Gasteiger partial charge in [0.25, 0.3) is 0 Å². The molecule has 0 saturated carbocycles. The molecule has 2 aromatic carbocycles. The Hall–Kier alpha value is -3.06. The van der Waals surface area contributed by atoms with Crippen LogP contribution in [0.5, 0.6) is 5.75 Å². The number of anilines is 1. The molecule has 2 fully saturated rings. The summed E-state index contributed by atoms with van der Waals surface area (Å²) in [6.45, 7) is 2.32. The molecule has 4 rings (SSSR count). The predicted octanol–water partition coefficient (Wildman–Crippen LogP) is 3.23. The number of carbonyl (C=O) groups is 2. The number of hydrogen-bond donors (Lipinski definition) is 2. The number of piperazine rings is 1. The summed E-state index contributed by atoms with van der Waals surface area (Å²) in [5.74, 6) is -1.59. The topological polar surface area (TPSA) is 90.3 Å². The van der Waals surface area contributed by atoms with E-state index in [4.69, 9.17) is 14.9 Å². The third kappa shape index (κ3) is 5.30. The Bertz CT molecular complexity index is 912. The summed E-state index contributed by atoms with van der Waals surface area (Å²) in [4.78, 5) is 24.3. The maximum atomic E-state index is 9.55. The van der Waals surface area contributed by atoms with Gasteiger partial charge in [-0.15, -0.1) is 0 Å². The summed E-state index contributed by atoms with van der Waals surface area (Å²) in [7, 11) is 4.02. The number of ether oxygens (including phenoxy) is 1. The van der Waals surface area contributed by atoms with E-state index in [1.165, 1.54) is 35.7 Å². The van der Waals surface area contributed by atoms with E-state index in [1.807, 2.05) is 6.07 Å². The maximum Gasteiger partial charge on any atom is 0.328 e. The third-order valence-electron chi connectivity index (χ3n) is 5.85. The highest BCUT2D eigenvalue weighted by Crippen LogP contribution is 2.32. The largest absolute Gasteiger partial charge is 0.497 e. The molecule has 0 spiro atoms. The van der Waals surface area contributed by atoms with Crippen LogP contribution >= 0.6 is 0 Å². The molecule has 2 unspecified atom stereocenters. The van der Waals surface area contributed by atoms with E-state index in [1.54, 1.807) is 7.11 Å². The molecule has 30 heavy (non-hydrogen) atoms. The van der Waals surface area contributed by atoms with Crippen LogP contribution in [0.3, 0.4) is 0 Å². The zero-order valence-corrected chi connectivity index (χ0v) is 17.3. The molecule has 2 atom stereocenters. The Morgan fingerprint density at radius 1 is 0.967 bits per heavy atom. The summed E-state index contributed by atoms with van der Waals surface area (Å²) >= 11 is 0. The Morgan fingerprint density at radius 3 is 2.10 bits per heavy atom. The zero-order valence-electron chi connectivity index (χ0n) is 17.3. The Labute approximate surface area is 176 Å². The van der Waals surface area contributed by atoms with E-state index in [0.29, 0.717) is 12.2 Å². The molecular weight excluding hydrogens is 384 g/mol. The van der Waals surface area contributed by atoms with E-state index in [2.05, 4.69) is 47.2 Å². The molecule has 0 radical (unpaired) electrons. The van der Waals surface area contributed by atoms with Gasteiger partial charge in [-0.3, -0.25) is 4.90 Å². The summed E-state index contributed by atoms with van der Waals surface area (Å²) in [6, 6.07) is 14.6. The number of carboxylic acids is 2. The highest BCUT2D eigenvalue weighted by molar-refractivity contribution is 5.89. The van der Waals surface area contributed by atoms with Crippen molar-refractivity contribution in [2.24, 2.45) is 0 Å². The Balaban J connectivity index is 0.000000275. The smallest absolute Gasteiger partial charge is 0.328 e. The number of nitrogens with zero attached hydrogens (tertiary/aromatic N) is 2.